The molecule has 204 valence electrons. The SMILES string of the molecule is CC(C(=O)N(c1ccncn1)c1ccnc(C(F)(F)F)n1)n1cnc2c1c(=O)n(Cc1ccccn1)c(=O)n2C. The highest BCUT2D eigenvalue weighted by Gasteiger charge is 2.36. The molecule has 5 aromatic heterocycles. The number of amides is 1. The summed E-state index contributed by atoms with van der Waals surface area (Å²) >= 11 is 0. The molecule has 0 saturated carbocycles. The summed E-state index contributed by atoms with van der Waals surface area (Å²) in [5.74, 6) is -2.72. The van der Waals surface area contributed by atoms with Crippen LogP contribution in [-0.4, -0.2) is 49.5 Å². The van der Waals surface area contributed by atoms with Crippen LogP contribution in [0.1, 0.15) is 24.5 Å². The highest BCUT2D eigenvalue weighted by atomic mass is 19.4. The number of halogens is 3. The van der Waals surface area contributed by atoms with Crippen molar-refractivity contribution in [3.05, 3.63) is 93.9 Å². The number of hydrogen-bond acceptors (Lipinski definition) is 9. The van der Waals surface area contributed by atoms with E-state index in [1.54, 1.807) is 18.2 Å². The highest BCUT2D eigenvalue weighted by molar-refractivity contribution is 6.01. The maximum atomic E-state index is 13.9. The zero-order valence-electron chi connectivity index (χ0n) is 20.9. The van der Waals surface area contributed by atoms with Gasteiger partial charge in [0.2, 0.25) is 5.82 Å². The predicted octanol–water partition coefficient (Wildman–Crippen LogP) is 1.86. The van der Waals surface area contributed by atoms with Crippen LogP contribution in [0.3, 0.4) is 0 Å². The molecule has 0 radical (unpaired) electrons. The zero-order valence-corrected chi connectivity index (χ0v) is 20.9. The molecule has 0 aliphatic carbocycles. The highest BCUT2D eigenvalue weighted by Crippen LogP contribution is 2.30. The van der Waals surface area contributed by atoms with E-state index >= 15 is 0 Å². The maximum Gasteiger partial charge on any atom is 0.451 e. The van der Waals surface area contributed by atoms with Crippen LogP contribution in [0.25, 0.3) is 11.2 Å². The zero-order chi connectivity index (χ0) is 28.6. The minimum absolute atomic E-state index is 0.0156. The van der Waals surface area contributed by atoms with Crippen LogP contribution in [0, 0.1) is 0 Å². The largest absolute Gasteiger partial charge is 0.451 e. The first-order chi connectivity index (χ1) is 19.1. The van der Waals surface area contributed by atoms with Crippen LogP contribution in [0.4, 0.5) is 24.8 Å². The van der Waals surface area contributed by atoms with Crippen LogP contribution in [0.15, 0.2) is 71.2 Å². The summed E-state index contributed by atoms with van der Waals surface area (Å²) in [6, 6.07) is 6.27. The van der Waals surface area contributed by atoms with Crippen molar-refractivity contribution in [3.8, 4) is 0 Å². The molecule has 1 unspecified atom stereocenters. The lowest BCUT2D eigenvalue weighted by Gasteiger charge is -2.25. The van der Waals surface area contributed by atoms with Crippen molar-refractivity contribution in [2.24, 2.45) is 7.05 Å². The quantitative estimate of drug-likeness (QED) is 0.308. The minimum Gasteiger partial charge on any atom is -0.312 e. The predicted molar refractivity (Wildman–Crippen MR) is 133 cm³/mol. The molecule has 0 fully saturated rings. The lowest BCUT2D eigenvalue weighted by molar-refractivity contribution is -0.145. The Morgan fingerprint density at radius 2 is 1.77 bits per heavy atom. The first-order valence-electron chi connectivity index (χ1n) is 11.6. The van der Waals surface area contributed by atoms with Gasteiger partial charge in [-0.3, -0.25) is 23.7 Å². The fourth-order valence-corrected chi connectivity index (χ4v) is 4.05. The van der Waals surface area contributed by atoms with E-state index in [2.05, 4.69) is 29.9 Å². The molecule has 0 aliphatic heterocycles. The smallest absolute Gasteiger partial charge is 0.312 e. The van der Waals surface area contributed by atoms with E-state index in [9.17, 15) is 27.6 Å². The van der Waals surface area contributed by atoms with Crippen molar-refractivity contribution in [2.75, 3.05) is 4.90 Å². The van der Waals surface area contributed by atoms with Gasteiger partial charge in [0.05, 0.1) is 18.6 Å². The summed E-state index contributed by atoms with van der Waals surface area (Å²) in [6.45, 7) is 1.29. The molecular weight excluding hydrogens is 533 g/mol. The van der Waals surface area contributed by atoms with Gasteiger partial charge in [-0.15, -0.1) is 0 Å². The number of nitrogens with zero attached hydrogens (tertiary/aromatic N) is 10. The van der Waals surface area contributed by atoms with Crippen molar-refractivity contribution < 1.29 is 18.0 Å². The van der Waals surface area contributed by atoms with E-state index < -0.39 is 41.0 Å². The number of aromatic nitrogens is 9. The summed E-state index contributed by atoms with van der Waals surface area (Å²) in [4.78, 5) is 64.2. The normalized spacial score (nSPS) is 12.4. The molecule has 5 rings (SSSR count). The minimum atomic E-state index is -4.87. The summed E-state index contributed by atoms with van der Waals surface area (Å²) in [7, 11) is 1.43. The molecule has 1 atom stereocenters. The Morgan fingerprint density at radius 3 is 2.45 bits per heavy atom. The fourth-order valence-electron chi connectivity index (χ4n) is 4.05. The number of pyridine rings is 1. The first kappa shape index (κ1) is 26.3. The summed E-state index contributed by atoms with van der Waals surface area (Å²) in [5, 5.41) is 0. The third-order valence-corrected chi connectivity index (χ3v) is 6.02. The third kappa shape index (κ3) is 4.70. The lowest BCUT2D eigenvalue weighted by Crippen LogP contribution is -2.41. The number of carbonyl (C=O) groups excluding carboxylic acids is 1. The summed E-state index contributed by atoms with van der Waals surface area (Å²) in [6.07, 6.45) is 1.15. The number of carbonyl (C=O) groups is 1. The average Bonchev–Trinajstić information content (AvgIpc) is 3.40. The molecular formula is C24H19F3N10O3. The van der Waals surface area contributed by atoms with Crippen molar-refractivity contribution in [1.82, 2.24) is 43.6 Å². The standard InChI is InChI=1S/C24H19F3N10O3/c1-14(20(38)37(16-6-9-28-12-31-16)17-7-10-30-22(33-17)24(25,26)27)36-13-32-19-18(36)21(39)35(23(40)34(19)2)11-15-5-3-4-8-29-15/h3-10,12-14H,11H2,1-2H3. The van der Waals surface area contributed by atoms with Crippen LogP contribution < -0.4 is 16.1 Å². The monoisotopic (exact) mass is 552 g/mol. The average molecular weight is 552 g/mol. The second-order valence-corrected chi connectivity index (χ2v) is 8.53. The van der Waals surface area contributed by atoms with Crippen LogP contribution in [0.5, 0.6) is 0 Å². The number of alkyl halides is 3. The van der Waals surface area contributed by atoms with Gasteiger partial charge in [-0.25, -0.2) is 34.6 Å². The number of imidazole rings is 1. The van der Waals surface area contributed by atoms with E-state index in [1.165, 1.54) is 43.3 Å². The third-order valence-electron chi connectivity index (χ3n) is 6.02. The van der Waals surface area contributed by atoms with Gasteiger partial charge in [0, 0.05) is 25.6 Å². The summed E-state index contributed by atoms with van der Waals surface area (Å²) in [5.41, 5.74) is -0.968. The topological polar surface area (TPSA) is 147 Å². The lowest BCUT2D eigenvalue weighted by atomic mass is 10.2. The van der Waals surface area contributed by atoms with E-state index in [1.807, 2.05) is 0 Å². The van der Waals surface area contributed by atoms with Gasteiger partial charge in [-0.2, -0.15) is 13.2 Å². The van der Waals surface area contributed by atoms with E-state index in [0.29, 0.717) is 5.69 Å². The number of rotatable bonds is 6. The molecule has 5 heterocycles. The van der Waals surface area contributed by atoms with E-state index in [-0.39, 0.29) is 23.5 Å². The van der Waals surface area contributed by atoms with Crippen LogP contribution in [0.2, 0.25) is 0 Å². The Balaban J connectivity index is 1.63. The molecule has 1 amide bonds. The van der Waals surface area contributed by atoms with Gasteiger partial charge in [0.25, 0.3) is 11.5 Å². The van der Waals surface area contributed by atoms with Gasteiger partial charge >= 0.3 is 11.9 Å². The van der Waals surface area contributed by atoms with Crippen LogP contribution in [-0.2, 0) is 24.6 Å². The van der Waals surface area contributed by atoms with Gasteiger partial charge in [0.1, 0.15) is 24.0 Å². The first-order valence-corrected chi connectivity index (χ1v) is 11.6. The number of aryl methyl sites for hydroxylation is 1. The van der Waals surface area contributed by atoms with Gasteiger partial charge < -0.3 is 4.57 Å². The van der Waals surface area contributed by atoms with E-state index in [4.69, 9.17) is 0 Å². The summed E-state index contributed by atoms with van der Waals surface area (Å²) < 4.78 is 43.5. The molecule has 13 nitrogen and oxygen atoms in total. The maximum absolute atomic E-state index is 13.9. The van der Waals surface area contributed by atoms with Crippen molar-refractivity contribution in [1.29, 1.82) is 0 Å². The Bertz CT molecular complexity index is 1820. The molecule has 0 spiro atoms. The molecule has 0 saturated heterocycles. The van der Waals surface area contributed by atoms with Crippen molar-refractivity contribution in [3.63, 3.8) is 0 Å². The van der Waals surface area contributed by atoms with Crippen molar-refractivity contribution >= 4 is 28.7 Å². The molecule has 40 heavy (non-hydrogen) atoms. The Hall–Kier alpha value is -5.28. The molecule has 0 aliphatic rings. The van der Waals surface area contributed by atoms with Crippen molar-refractivity contribution in [2.45, 2.75) is 25.7 Å². The molecule has 0 bridgehead atoms. The fraction of sp³-hybridized carbons (Fsp3) is 0.208. The second-order valence-electron chi connectivity index (χ2n) is 8.53. The Labute approximate surface area is 222 Å². The molecule has 0 aromatic carbocycles. The molecule has 16 heteroatoms. The molecule has 5 aromatic rings. The van der Waals surface area contributed by atoms with Gasteiger partial charge in [0.15, 0.2) is 11.2 Å². The van der Waals surface area contributed by atoms with Gasteiger partial charge in [-0.1, -0.05) is 6.07 Å². The van der Waals surface area contributed by atoms with Gasteiger partial charge in [-0.05, 0) is 31.2 Å². The Morgan fingerprint density at radius 1 is 1.00 bits per heavy atom. The Kier molecular flexibility index (Phi) is 6.66. The number of anilines is 2. The van der Waals surface area contributed by atoms with E-state index in [0.717, 1.165) is 32.6 Å². The number of hydrogen-bond donors (Lipinski definition) is 0. The second kappa shape index (κ2) is 10.1. The van der Waals surface area contributed by atoms with Crippen LogP contribution >= 0.6 is 0 Å². The molecule has 0 N–H and O–H groups in total. The number of fused-ring (bicyclic) bond motifs is 1.